The second kappa shape index (κ2) is 13.8. The zero-order valence-electron chi connectivity index (χ0n) is 28.1. The highest BCUT2D eigenvalue weighted by Crippen LogP contribution is 2.45. The van der Waals surface area contributed by atoms with Gasteiger partial charge < -0.3 is 35.8 Å². The van der Waals surface area contributed by atoms with E-state index in [0.29, 0.717) is 66.4 Å². The molecule has 2 aromatic heterocycles. The summed E-state index contributed by atoms with van der Waals surface area (Å²) in [6.07, 6.45) is 8.64. The number of phenols is 1. The predicted octanol–water partition coefficient (Wildman–Crippen LogP) is 4.59. The van der Waals surface area contributed by atoms with Gasteiger partial charge in [0.1, 0.15) is 36.7 Å². The maximum absolute atomic E-state index is 12.8. The fourth-order valence-electron chi connectivity index (χ4n) is 8.50. The molecule has 1 saturated carbocycles. The number of anilines is 2. The van der Waals surface area contributed by atoms with Crippen molar-refractivity contribution in [1.82, 2.24) is 30.4 Å². The number of rotatable bonds is 6. The molecule has 0 spiro atoms. The number of benzene rings is 2. The minimum Gasteiger partial charge on any atom is -0.507 e. The van der Waals surface area contributed by atoms with Gasteiger partial charge in [0, 0.05) is 28.8 Å². The van der Waals surface area contributed by atoms with E-state index in [1.54, 1.807) is 24.5 Å². The van der Waals surface area contributed by atoms with Gasteiger partial charge in [-0.05, 0) is 106 Å². The van der Waals surface area contributed by atoms with Gasteiger partial charge in [0.25, 0.3) is 0 Å². The molecule has 3 aliphatic heterocycles. The molecule has 50 heavy (non-hydrogen) atoms. The summed E-state index contributed by atoms with van der Waals surface area (Å²) in [6, 6.07) is 17.6. The summed E-state index contributed by atoms with van der Waals surface area (Å²) in [5.41, 5.74) is 12.0. The Morgan fingerprint density at radius 3 is 2.44 bits per heavy atom. The Balaban J connectivity index is 0.896. The van der Waals surface area contributed by atoms with Gasteiger partial charge in [0.15, 0.2) is 5.82 Å². The molecule has 3 fully saturated rings. The first kappa shape index (κ1) is 32.4. The lowest BCUT2D eigenvalue weighted by Crippen LogP contribution is -2.55. The summed E-state index contributed by atoms with van der Waals surface area (Å²) in [7, 11) is 0. The molecule has 5 heterocycles. The van der Waals surface area contributed by atoms with Crippen molar-refractivity contribution in [2.75, 3.05) is 36.9 Å². The van der Waals surface area contributed by atoms with E-state index >= 15 is 0 Å². The van der Waals surface area contributed by atoms with Crippen LogP contribution in [0.4, 0.5) is 11.5 Å². The number of phenolic OH excluding ortho intramolecular Hbond substituents is 1. The van der Waals surface area contributed by atoms with Gasteiger partial charge in [-0.1, -0.05) is 24.3 Å². The van der Waals surface area contributed by atoms with E-state index in [1.807, 2.05) is 18.2 Å². The third kappa shape index (κ3) is 6.33. The molecule has 2 saturated heterocycles. The maximum atomic E-state index is 12.8. The molecular formula is C38H44N8O4. The topological polar surface area (TPSA) is 163 Å². The SMILES string of the molecule is Nc1nnc(-c2ccccc2O)cc1-c1cc(C2CCN([C@H]3CC[C@H](c4cccc5c4OCCN5[C@H]4CCC(O)NC4=O)CC3)CC2)ncn1. The number of aliphatic hydroxyl groups excluding tert-OH is 1. The van der Waals surface area contributed by atoms with Crippen LogP contribution in [0.25, 0.3) is 22.5 Å². The van der Waals surface area contributed by atoms with Crippen LogP contribution in [-0.4, -0.2) is 85.7 Å². The van der Waals surface area contributed by atoms with Crippen molar-refractivity contribution in [1.29, 1.82) is 0 Å². The van der Waals surface area contributed by atoms with Crippen LogP contribution in [-0.2, 0) is 4.79 Å². The zero-order chi connectivity index (χ0) is 34.2. The molecule has 0 radical (unpaired) electrons. The third-order valence-electron chi connectivity index (χ3n) is 11.2. The minimum atomic E-state index is -0.756. The Morgan fingerprint density at radius 1 is 0.820 bits per heavy atom. The van der Waals surface area contributed by atoms with Crippen molar-refractivity contribution in [2.45, 2.75) is 81.5 Å². The molecular weight excluding hydrogens is 632 g/mol. The Hall–Kier alpha value is -4.81. The molecule has 8 rings (SSSR count). The Morgan fingerprint density at radius 2 is 1.64 bits per heavy atom. The average molecular weight is 677 g/mol. The van der Waals surface area contributed by atoms with Gasteiger partial charge in [0.2, 0.25) is 5.91 Å². The third-order valence-corrected chi connectivity index (χ3v) is 11.2. The molecule has 4 aliphatic rings. The smallest absolute Gasteiger partial charge is 0.244 e. The number of nitrogen functional groups attached to an aromatic ring is 1. The number of piperidine rings is 2. The van der Waals surface area contributed by atoms with Crippen molar-refractivity contribution in [2.24, 2.45) is 0 Å². The lowest BCUT2D eigenvalue weighted by Gasteiger charge is -2.42. The van der Waals surface area contributed by atoms with Crippen LogP contribution < -0.4 is 20.7 Å². The van der Waals surface area contributed by atoms with Gasteiger partial charge in [0.05, 0.1) is 23.6 Å². The second-order valence-electron chi connectivity index (χ2n) is 14.0. The van der Waals surface area contributed by atoms with E-state index in [4.69, 9.17) is 10.5 Å². The second-order valence-corrected chi connectivity index (χ2v) is 14.0. The molecule has 12 heteroatoms. The molecule has 260 valence electrons. The van der Waals surface area contributed by atoms with Gasteiger partial charge >= 0.3 is 0 Å². The number of aromatic hydroxyl groups is 1. The number of nitrogens with two attached hydrogens (primary N) is 1. The van der Waals surface area contributed by atoms with Crippen molar-refractivity contribution in [3.63, 3.8) is 0 Å². The number of hydrogen-bond donors (Lipinski definition) is 4. The highest BCUT2D eigenvalue weighted by Gasteiger charge is 2.37. The first-order chi connectivity index (χ1) is 24.4. The quantitative estimate of drug-likeness (QED) is 0.226. The molecule has 2 aromatic carbocycles. The van der Waals surface area contributed by atoms with E-state index in [1.165, 1.54) is 5.56 Å². The maximum Gasteiger partial charge on any atom is 0.244 e. The summed E-state index contributed by atoms with van der Waals surface area (Å²) in [5, 5.41) is 31.3. The minimum absolute atomic E-state index is 0.110. The fourth-order valence-corrected chi connectivity index (χ4v) is 8.50. The van der Waals surface area contributed by atoms with Crippen molar-refractivity contribution >= 4 is 17.4 Å². The van der Waals surface area contributed by atoms with Gasteiger partial charge in [-0.25, -0.2) is 9.97 Å². The molecule has 1 amide bonds. The van der Waals surface area contributed by atoms with E-state index in [9.17, 15) is 15.0 Å². The van der Waals surface area contributed by atoms with Crippen molar-refractivity contribution in [3.8, 4) is 34.0 Å². The Bertz CT molecular complexity index is 1860. The number of fused-ring (bicyclic) bond motifs is 1. The standard InChI is InChI=1S/C38H44N8O4/c39-37-28(20-31(43-44-37)27-4-1-2-7-34(27)47)30-21-29(40-22-41-30)24-14-16-45(17-15-24)25-10-8-23(9-11-25)26-5-3-6-32-36(26)50-19-18-46(32)33-12-13-35(48)42-38(33)49/h1-7,20-25,33,35,47-48H,8-19H2,(H2,39,44)(H,42,49)/t23-,25-,33-,35?/m0/s1. The van der Waals surface area contributed by atoms with Crippen molar-refractivity contribution in [3.05, 3.63) is 72.2 Å². The highest BCUT2D eigenvalue weighted by atomic mass is 16.5. The van der Waals surface area contributed by atoms with E-state index < -0.39 is 6.23 Å². The first-order valence-corrected chi connectivity index (χ1v) is 17.9. The number of nitrogens with one attached hydrogen (secondary N) is 1. The number of amides is 1. The Labute approximate surface area is 291 Å². The number of ether oxygens (including phenoxy) is 1. The van der Waals surface area contributed by atoms with Crippen LogP contribution in [0.1, 0.15) is 74.5 Å². The molecule has 12 nitrogen and oxygen atoms in total. The summed E-state index contributed by atoms with van der Waals surface area (Å²) < 4.78 is 6.29. The monoisotopic (exact) mass is 676 g/mol. The first-order valence-electron chi connectivity index (χ1n) is 17.9. The lowest BCUT2D eigenvalue weighted by molar-refractivity contribution is -0.128. The molecule has 0 bridgehead atoms. The number of nitrogens with zero attached hydrogens (tertiary/aromatic N) is 6. The summed E-state index contributed by atoms with van der Waals surface area (Å²) >= 11 is 0. The molecule has 1 aliphatic carbocycles. The average Bonchev–Trinajstić information content (AvgIpc) is 3.15. The molecule has 1 unspecified atom stereocenters. The number of likely N-dealkylation sites (tertiary alicyclic amines) is 1. The largest absolute Gasteiger partial charge is 0.507 e. The van der Waals surface area contributed by atoms with Gasteiger partial charge in [-0.3, -0.25) is 4.79 Å². The summed E-state index contributed by atoms with van der Waals surface area (Å²) in [4.78, 5) is 26.8. The summed E-state index contributed by atoms with van der Waals surface area (Å²) in [5.74, 6) is 2.02. The number of hydrogen-bond acceptors (Lipinski definition) is 11. The summed E-state index contributed by atoms with van der Waals surface area (Å²) in [6.45, 7) is 3.29. The van der Waals surface area contributed by atoms with Crippen LogP contribution in [0, 0.1) is 0 Å². The zero-order valence-corrected chi connectivity index (χ0v) is 28.1. The van der Waals surface area contributed by atoms with E-state index in [2.05, 4.69) is 53.5 Å². The lowest BCUT2D eigenvalue weighted by atomic mass is 9.79. The number of carbonyl (C=O) groups is 1. The highest BCUT2D eigenvalue weighted by molar-refractivity contribution is 5.87. The van der Waals surface area contributed by atoms with E-state index in [-0.39, 0.29) is 23.5 Å². The van der Waals surface area contributed by atoms with Crippen LogP contribution in [0.3, 0.4) is 0 Å². The van der Waals surface area contributed by atoms with Crippen LogP contribution in [0.15, 0.2) is 60.9 Å². The van der Waals surface area contributed by atoms with Crippen molar-refractivity contribution < 1.29 is 19.7 Å². The van der Waals surface area contributed by atoms with E-state index in [0.717, 1.165) is 68.7 Å². The molecule has 5 N–H and O–H groups in total. The number of para-hydroxylation sites is 2. The molecule has 2 atom stereocenters. The fraction of sp³-hybridized carbons (Fsp3) is 0.447. The predicted molar refractivity (Wildman–Crippen MR) is 190 cm³/mol. The van der Waals surface area contributed by atoms with Gasteiger partial charge in [-0.2, -0.15) is 0 Å². The van der Waals surface area contributed by atoms with Gasteiger partial charge in [-0.15, -0.1) is 10.2 Å². The van der Waals surface area contributed by atoms with Crippen LogP contribution >= 0.6 is 0 Å². The normalized spacial score (nSPS) is 24.7. The number of aromatic nitrogens is 4. The number of aliphatic hydroxyl groups is 1. The van der Waals surface area contributed by atoms with Crippen LogP contribution in [0.2, 0.25) is 0 Å². The number of carbonyl (C=O) groups excluding carboxylic acids is 1. The van der Waals surface area contributed by atoms with Crippen LogP contribution in [0.5, 0.6) is 11.5 Å². The Kier molecular flexibility index (Phi) is 8.96. The molecule has 4 aromatic rings.